The van der Waals surface area contributed by atoms with Crippen molar-refractivity contribution in [3.8, 4) is 0 Å². The topological polar surface area (TPSA) is 55.1 Å². The maximum Gasteiger partial charge on any atom is 0.237 e. The molecule has 1 rings (SSSR count). The van der Waals surface area contributed by atoms with Gasteiger partial charge in [-0.2, -0.15) is 0 Å². The summed E-state index contributed by atoms with van der Waals surface area (Å²) in [5, 5.41) is 0. The van der Waals surface area contributed by atoms with E-state index in [1.165, 1.54) is 6.42 Å². The molecule has 3 N–H and O–H groups in total. The highest BCUT2D eigenvalue weighted by Gasteiger charge is 2.19. The minimum absolute atomic E-state index is 0.0419. The Labute approximate surface area is 60.9 Å². The summed E-state index contributed by atoms with van der Waals surface area (Å²) in [6.45, 7) is 0. The number of carbonyl (C=O) groups is 1. The SMILES string of the molecule is NNC(=O)C1[CH]CCCC1. The Morgan fingerprint density at radius 3 is 2.90 bits per heavy atom. The van der Waals surface area contributed by atoms with Gasteiger partial charge in [-0.25, -0.2) is 5.84 Å². The van der Waals surface area contributed by atoms with Crippen molar-refractivity contribution < 1.29 is 4.79 Å². The maximum absolute atomic E-state index is 10.9. The fourth-order valence-electron chi connectivity index (χ4n) is 1.29. The Morgan fingerprint density at radius 1 is 1.60 bits per heavy atom. The first-order valence-corrected chi connectivity index (χ1v) is 3.68. The Bertz CT molecular complexity index is 119. The second kappa shape index (κ2) is 3.56. The molecule has 1 amide bonds. The highest BCUT2D eigenvalue weighted by molar-refractivity contribution is 5.79. The zero-order valence-electron chi connectivity index (χ0n) is 5.97. The highest BCUT2D eigenvalue weighted by atomic mass is 16.2. The summed E-state index contributed by atoms with van der Waals surface area (Å²) in [6.07, 6.45) is 6.43. The van der Waals surface area contributed by atoms with Crippen LogP contribution in [0.1, 0.15) is 25.7 Å². The lowest BCUT2D eigenvalue weighted by Gasteiger charge is -2.18. The van der Waals surface area contributed by atoms with Gasteiger partial charge in [-0.05, 0) is 19.3 Å². The van der Waals surface area contributed by atoms with E-state index in [0.29, 0.717) is 0 Å². The number of amides is 1. The minimum Gasteiger partial charge on any atom is -0.294 e. The van der Waals surface area contributed by atoms with E-state index in [4.69, 9.17) is 5.84 Å². The quantitative estimate of drug-likeness (QED) is 0.315. The standard InChI is InChI=1S/C7H13N2O/c8-9-7(10)6-4-2-1-3-5-6/h4,6H,1-3,5,8H2,(H,9,10). The van der Waals surface area contributed by atoms with Crippen molar-refractivity contribution in [3.63, 3.8) is 0 Å². The summed E-state index contributed by atoms with van der Waals surface area (Å²) in [7, 11) is 0. The molecule has 1 atom stereocenters. The predicted molar refractivity (Wildman–Crippen MR) is 38.6 cm³/mol. The van der Waals surface area contributed by atoms with E-state index >= 15 is 0 Å². The molecule has 0 bridgehead atoms. The molecule has 1 radical (unpaired) electrons. The molecule has 0 heterocycles. The first-order valence-electron chi connectivity index (χ1n) is 3.68. The smallest absolute Gasteiger partial charge is 0.237 e. The molecule has 1 aliphatic rings. The van der Waals surface area contributed by atoms with Crippen molar-refractivity contribution in [1.29, 1.82) is 0 Å². The van der Waals surface area contributed by atoms with Gasteiger partial charge in [0, 0.05) is 5.92 Å². The molecule has 0 saturated heterocycles. The van der Waals surface area contributed by atoms with E-state index in [1.807, 2.05) is 6.42 Å². The van der Waals surface area contributed by atoms with Gasteiger partial charge in [0.05, 0.1) is 0 Å². The van der Waals surface area contributed by atoms with E-state index < -0.39 is 0 Å². The largest absolute Gasteiger partial charge is 0.294 e. The number of carbonyl (C=O) groups excluding carboxylic acids is 1. The molecule has 3 nitrogen and oxygen atoms in total. The van der Waals surface area contributed by atoms with Crippen LogP contribution in [0, 0.1) is 12.3 Å². The zero-order chi connectivity index (χ0) is 7.40. The molecule has 0 aromatic carbocycles. The van der Waals surface area contributed by atoms with Crippen LogP contribution < -0.4 is 11.3 Å². The van der Waals surface area contributed by atoms with E-state index in [9.17, 15) is 4.79 Å². The normalized spacial score (nSPS) is 20.5. The molecular weight excluding hydrogens is 128 g/mol. The van der Waals surface area contributed by atoms with Crippen molar-refractivity contribution >= 4 is 5.91 Å². The molecule has 57 valence electrons. The molecule has 0 aromatic rings. The number of hydrogen-bond donors (Lipinski definition) is 2. The molecule has 1 aliphatic carbocycles. The first kappa shape index (κ1) is 7.54. The zero-order valence-corrected chi connectivity index (χ0v) is 5.97. The summed E-state index contributed by atoms with van der Waals surface area (Å²) >= 11 is 0. The third-order valence-corrected chi connectivity index (χ3v) is 1.90. The van der Waals surface area contributed by atoms with Gasteiger partial charge in [0.1, 0.15) is 0 Å². The van der Waals surface area contributed by atoms with E-state index in [1.54, 1.807) is 0 Å². The third kappa shape index (κ3) is 1.70. The number of rotatable bonds is 1. The Hall–Kier alpha value is -0.570. The molecule has 3 heteroatoms. The average molecular weight is 141 g/mol. The van der Waals surface area contributed by atoms with Crippen molar-refractivity contribution in [2.45, 2.75) is 25.7 Å². The number of hydrazine groups is 1. The molecule has 1 unspecified atom stereocenters. The van der Waals surface area contributed by atoms with Crippen molar-refractivity contribution in [3.05, 3.63) is 6.42 Å². The van der Waals surface area contributed by atoms with E-state index in [-0.39, 0.29) is 11.8 Å². The molecule has 1 fully saturated rings. The molecule has 0 aromatic heterocycles. The van der Waals surface area contributed by atoms with Crippen LogP contribution in [0.5, 0.6) is 0 Å². The van der Waals surface area contributed by atoms with Crippen LogP contribution in [0.3, 0.4) is 0 Å². The molecule has 0 aliphatic heterocycles. The highest BCUT2D eigenvalue weighted by Crippen LogP contribution is 2.22. The van der Waals surface area contributed by atoms with Crippen LogP contribution >= 0.6 is 0 Å². The summed E-state index contributed by atoms with van der Waals surface area (Å²) in [4.78, 5) is 10.9. The first-order chi connectivity index (χ1) is 4.84. The van der Waals surface area contributed by atoms with Crippen LogP contribution in [0.15, 0.2) is 0 Å². The van der Waals surface area contributed by atoms with Gasteiger partial charge in [-0.15, -0.1) is 0 Å². The fourth-order valence-corrected chi connectivity index (χ4v) is 1.29. The summed E-state index contributed by atoms with van der Waals surface area (Å²) in [5.74, 6) is 5.01. The predicted octanol–water partition coefficient (Wildman–Crippen LogP) is 0.371. The third-order valence-electron chi connectivity index (χ3n) is 1.90. The number of nitrogens with two attached hydrogens (primary N) is 1. The lowest BCUT2D eigenvalue weighted by atomic mass is 9.89. The second-order valence-corrected chi connectivity index (χ2v) is 2.64. The van der Waals surface area contributed by atoms with E-state index in [0.717, 1.165) is 19.3 Å². The molecule has 1 saturated carbocycles. The van der Waals surface area contributed by atoms with Crippen molar-refractivity contribution in [2.75, 3.05) is 0 Å². The lowest BCUT2D eigenvalue weighted by molar-refractivity contribution is -0.124. The van der Waals surface area contributed by atoms with Gasteiger partial charge >= 0.3 is 0 Å². The fraction of sp³-hybridized carbons (Fsp3) is 0.714. The summed E-state index contributed by atoms with van der Waals surface area (Å²) in [6, 6.07) is 0. The molecule has 10 heavy (non-hydrogen) atoms. The van der Waals surface area contributed by atoms with Crippen LogP contribution in [-0.4, -0.2) is 5.91 Å². The number of hydrogen-bond acceptors (Lipinski definition) is 2. The maximum atomic E-state index is 10.9. The summed E-state index contributed by atoms with van der Waals surface area (Å²) < 4.78 is 0. The monoisotopic (exact) mass is 141 g/mol. The van der Waals surface area contributed by atoms with Gasteiger partial charge in [0.15, 0.2) is 0 Å². The average Bonchev–Trinajstić information content (AvgIpc) is 2.05. The Morgan fingerprint density at radius 2 is 2.40 bits per heavy atom. The van der Waals surface area contributed by atoms with Gasteiger partial charge < -0.3 is 0 Å². The van der Waals surface area contributed by atoms with Crippen LogP contribution in [-0.2, 0) is 4.79 Å². The second-order valence-electron chi connectivity index (χ2n) is 2.64. The van der Waals surface area contributed by atoms with E-state index in [2.05, 4.69) is 5.43 Å². The van der Waals surface area contributed by atoms with Gasteiger partial charge in [-0.1, -0.05) is 12.8 Å². The van der Waals surface area contributed by atoms with Gasteiger partial charge in [0.25, 0.3) is 0 Å². The van der Waals surface area contributed by atoms with Crippen molar-refractivity contribution in [1.82, 2.24) is 5.43 Å². The van der Waals surface area contributed by atoms with Gasteiger partial charge in [0.2, 0.25) is 5.91 Å². The van der Waals surface area contributed by atoms with Gasteiger partial charge in [-0.3, -0.25) is 10.2 Å². The molecule has 0 spiro atoms. The summed E-state index contributed by atoms with van der Waals surface area (Å²) in [5.41, 5.74) is 2.16. The number of nitrogens with one attached hydrogen (secondary N) is 1. The van der Waals surface area contributed by atoms with Crippen LogP contribution in [0.2, 0.25) is 0 Å². The molecular formula is C7H13N2O. The van der Waals surface area contributed by atoms with Crippen LogP contribution in [0.25, 0.3) is 0 Å². The van der Waals surface area contributed by atoms with Crippen molar-refractivity contribution in [2.24, 2.45) is 11.8 Å². The lowest BCUT2D eigenvalue weighted by Crippen LogP contribution is -2.36. The Kier molecular flexibility index (Phi) is 2.68. The minimum atomic E-state index is -0.0419. The van der Waals surface area contributed by atoms with Crippen LogP contribution in [0.4, 0.5) is 0 Å². The Balaban J connectivity index is 2.31.